The molecular weight excluding hydrogens is 442 g/mol. The highest BCUT2D eigenvalue weighted by molar-refractivity contribution is 5.15. The molecule has 1 saturated carbocycles. The lowest BCUT2D eigenvalue weighted by atomic mass is 9.79. The van der Waals surface area contributed by atoms with Crippen LogP contribution in [-0.2, 0) is 34.0 Å². The Morgan fingerprint density at radius 1 is 0.743 bits per heavy atom. The lowest BCUT2D eigenvalue weighted by molar-refractivity contribution is -0.184. The third-order valence-corrected chi connectivity index (χ3v) is 6.28. The van der Waals surface area contributed by atoms with Gasteiger partial charge < -0.3 is 19.3 Å². The average molecular weight is 474 g/mol. The summed E-state index contributed by atoms with van der Waals surface area (Å²) in [5.74, 6) is -0.123. The van der Waals surface area contributed by atoms with E-state index in [1.165, 1.54) is 0 Å². The van der Waals surface area contributed by atoms with E-state index in [1.54, 1.807) is 0 Å². The third kappa shape index (κ3) is 7.15. The highest BCUT2D eigenvalue weighted by Gasteiger charge is 2.45. The van der Waals surface area contributed by atoms with Crippen LogP contribution in [0.4, 0.5) is 0 Å². The Labute approximate surface area is 205 Å². The molecule has 3 aromatic rings. The zero-order chi connectivity index (χ0) is 24.3. The van der Waals surface area contributed by atoms with Gasteiger partial charge in [0.15, 0.2) is 0 Å². The standard InChI is InChI=1S/C28H31N3O4/c29-31-30-25-16-24(20-33-17-21-10-4-1-5-11-21)27(34-18-22-12-6-2-7-13-22)28(26(25)32)35-19-23-14-8-3-9-15-23/h1-15,24-28,32H,16-20H2/t24-,25+,26+,27-,28-/m1/s1. The lowest BCUT2D eigenvalue weighted by Crippen LogP contribution is -2.56. The van der Waals surface area contributed by atoms with Crippen molar-refractivity contribution in [2.45, 2.75) is 50.6 Å². The Morgan fingerprint density at radius 2 is 1.23 bits per heavy atom. The molecule has 4 rings (SSSR count). The fourth-order valence-electron chi connectivity index (χ4n) is 4.47. The minimum Gasteiger partial charge on any atom is -0.390 e. The van der Waals surface area contributed by atoms with Gasteiger partial charge in [-0.25, -0.2) is 0 Å². The molecule has 1 N–H and O–H groups in total. The van der Waals surface area contributed by atoms with Crippen LogP contribution < -0.4 is 0 Å². The van der Waals surface area contributed by atoms with Crippen LogP contribution in [0, 0.1) is 5.92 Å². The van der Waals surface area contributed by atoms with Gasteiger partial charge in [0.2, 0.25) is 0 Å². The molecule has 0 saturated heterocycles. The van der Waals surface area contributed by atoms with Crippen LogP contribution in [0.1, 0.15) is 23.1 Å². The van der Waals surface area contributed by atoms with Crippen LogP contribution >= 0.6 is 0 Å². The van der Waals surface area contributed by atoms with Gasteiger partial charge in [-0.2, -0.15) is 0 Å². The summed E-state index contributed by atoms with van der Waals surface area (Å²) in [6.45, 7) is 1.55. The number of aliphatic hydroxyl groups is 1. The van der Waals surface area contributed by atoms with Crippen LogP contribution in [0.2, 0.25) is 0 Å². The van der Waals surface area contributed by atoms with Gasteiger partial charge in [-0.15, -0.1) is 0 Å². The minimum atomic E-state index is -0.985. The normalized spacial score (nSPS) is 24.0. The van der Waals surface area contributed by atoms with Crippen molar-refractivity contribution in [3.63, 3.8) is 0 Å². The summed E-state index contributed by atoms with van der Waals surface area (Å²) in [6, 6.07) is 29.0. The zero-order valence-corrected chi connectivity index (χ0v) is 19.6. The van der Waals surface area contributed by atoms with Crippen molar-refractivity contribution < 1.29 is 19.3 Å². The van der Waals surface area contributed by atoms with E-state index in [-0.39, 0.29) is 5.92 Å². The highest BCUT2D eigenvalue weighted by Crippen LogP contribution is 2.33. The smallest absolute Gasteiger partial charge is 0.111 e. The molecule has 0 heterocycles. The largest absolute Gasteiger partial charge is 0.390 e. The molecule has 0 radical (unpaired) electrons. The van der Waals surface area contributed by atoms with Crippen molar-refractivity contribution in [2.75, 3.05) is 6.61 Å². The molecule has 1 fully saturated rings. The topological polar surface area (TPSA) is 96.7 Å². The number of rotatable bonds is 11. The summed E-state index contributed by atoms with van der Waals surface area (Å²) in [6.07, 6.45) is -1.64. The van der Waals surface area contributed by atoms with Crippen LogP contribution in [0.5, 0.6) is 0 Å². The lowest BCUT2D eigenvalue weighted by Gasteiger charge is -2.43. The molecule has 7 heteroatoms. The molecule has 35 heavy (non-hydrogen) atoms. The highest BCUT2D eigenvalue weighted by atomic mass is 16.6. The van der Waals surface area contributed by atoms with E-state index in [9.17, 15) is 5.11 Å². The molecule has 0 unspecified atom stereocenters. The molecule has 0 aliphatic heterocycles. The molecule has 1 aliphatic carbocycles. The number of benzene rings is 3. The molecule has 0 spiro atoms. The number of nitrogens with zero attached hydrogens (tertiary/aromatic N) is 3. The maximum atomic E-state index is 11.1. The second-order valence-electron chi connectivity index (χ2n) is 8.78. The Bertz CT molecular complexity index is 1060. The van der Waals surface area contributed by atoms with Gasteiger partial charge in [0.1, 0.15) is 6.10 Å². The fraction of sp³-hybridized carbons (Fsp3) is 0.357. The first-order valence-electron chi connectivity index (χ1n) is 11.9. The summed E-state index contributed by atoms with van der Waals surface area (Å²) in [5.41, 5.74) is 12.2. The van der Waals surface area contributed by atoms with Crippen molar-refractivity contribution in [2.24, 2.45) is 11.0 Å². The number of hydrogen-bond donors (Lipinski definition) is 1. The van der Waals surface area contributed by atoms with E-state index < -0.39 is 24.4 Å². The van der Waals surface area contributed by atoms with E-state index in [0.717, 1.165) is 16.7 Å². The molecule has 5 atom stereocenters. The van der Waals surface area contributed by atoms with Gasteiger partial charge in [-0.1, -0.05) is 96.1 Å². The Balaban J connectivity index is 1.52. The minimum absolute atomic E-state index is 0.123. The van der Waals surface area contributed by atoms with E-state index in [1.807, 2.05) is 91.0 Å². The number of hydrogen-bond acceptors (Lipinski definition) is 5. The molecule has 1 aliphatic rings. The second-order valence-corrected chi connectivity index (χ2v) is 8.78. The summed E-state index contributed by atoms with van der Waals surface area (Å²) >= 11 is 0. The van der Waals surface area contributed by atoms with E-state index in [0.29, 0.717) is 32.8 Å². The zero-order valence-electron chi connectivity index (χ0n) is 19.6. The predicted molar refractivity (Wildman–Crippen MR) is 133 cm³/mol. The summed E-state index contributed by atoms with van der Waals surface area (Å²) in [4.78, 5) is 2.97. The Morgan fingerprint density at radius 3 is 1.74 bits per heavy atom. The second kappa shape index (κ2) is 13.0. The number of azide groups is 1. The van der Waals surface area contributed by atoms with Gasteiger partial charge in [0.25, 0.3) is 0 Å². The predicted octanol–water partition coefficient (Wildman–Crippen LogP) is 5.43. The van der Waals surface area contributed by atoms with E-state index >= 15 is 0 Å². The van der Waals surface area contributed by atoms with Crippen molar-refractivity contribution in [3.8, 4) is 0 Å². The number of aliphatic hydroxyl groups excluding tert-OH is 1. The average Bonchev–Trinajstić information content (AvgIpc) is 2.90. The maximum absolute atomic E-state index is 11.1. The quantitative estimate of drug-likeness (QED) is 0.228. The van der Waals surface area contributed by atoms with Crippen LogP contribution in [0.3, 0.4) is 0 Å². The van der Waals surface area contributed by atoms with Crippen LogP contribution in [-0.4, -0.2) is 36.1 Å². The van der Waals surface area contributed by atoms with Gasteiger partial charge >= 0.3 is 0 Å². The third-order valence-electron chi connectivity index (χ3n) is 6.28. The van der Waals surface area contributed by atoms with Gasteiger partial charge in [0.05, 0.1) is 44.7 Å². The first-order chi connectivity index (χ1) is 17.2. The Kier molecular flexibility index (Phi) is 9.29. The van der Waals surface area contributed by atoms with Crippen molar-refractivity contribution in [1.29, 1.82) is 0 Å². The van der Waals surface area contributed by atoms with E-state index in [2.05, 4.69) is 10.0 Å². The first-order valence-corrected chi connectivity index (χ1v) is 11.9. The maximum Gasteiger partial charge on any atom is 0.111 e. The number of ether oxygens (including phenoxy) is 3. The van der Waals surface area contributed by atoms with E-state index in [4.69, 9.17) is 19.7 Å². The molecule has 0 bridgehead atoms. The van der Waals surface area contributed by atoms with Crippen molar-refractivity contribution in [1.82, 2.24) is 0 Å². The summed E-state index contributed by atoms with van der Waals surface area (Å²) in [5, 5.41) is 15.0. The van der Waals surface area contributed by atoms with Crippen molar-refractivity contribution in [3.05, 3.63) is 118 Å². The molecule has 7 nitrogen and oxygen atoms in total. The summed E-state index contributed by atoms with van der Waals surface area (Å²) < 4.78 is 18.7. The fourth-order valence-corrected chi connectivity index (χ4v) is 4.47. The monoisotopic (exact) mass is 473 g/mol. The molecule has 0 aromatic heterocycles. The first kappa shape index (κ1) is 24.9. The van der Waals surface area contributed by atoms with Gasteiger partial charge in [-0.3, -0.25) is 0 Å². The Hall–Kier alpha value is -3.19. The molecule has 0 amide bonds. The summed E-state index contributed by atoms with van der Waals surface area (Å²) in [7, 11) is 0. The molecule has 3 aromatic carbocycles. The van der Waals surface area contributed by atoms with Gasteiger partial charge in [-0.05, 0) is 28.6 Å². The SMILES string of the molecule is [N-]=[N+]=N[C@H]1C[C@H](COCc2ccccc2)[C@@H](OCc2ccccc2)[C@H](OCc2ccccc2)[C@H]1O. The van der Waals surface area contributed by atoms with Gasteiger partial charge in [0, 0.05) is 10.8 Å². The van der Waals surface area contributed by atoms with Crippen LogP contribution in [0.25, 0.3) is 10.4 Å². The molecular formula is C28H31N3O4. The van der Waals surface area contributed by atoms with Crippen LogP contribution in [0.15, 0.2) is 96.1 Å². The molecule has 182 valence electrons. The van der Waals surface area contributed by atoms with Crippen molar-refractivity contribution >= 4 is 0 Å².